The van der Waals surface area contributed by atoms with Gasteiger partial charge < -0.3 is 10.6 Å². The van der Waals surface area contributed by atoms with Crippen LogP contribution in [0.5, 0.6) is 0 Å². The van der Waals surface area contributed by atoms with Gasteiger partial charge in [-0.25, -0.2) is 4.98 Å². The largest absolute Gasteiger partial charge is 0.369 e. The van der Waals surface area contributed by atoms with Crippen LogP contribution in [0.25, 0.3) is 0 Å². The predicted octanol–water partition coefficient (Wildman–Crippen LogP) is 3.21. The predicted molar refractivity (Wildman–Crippen MR) is 78.4 cm³/mol. The zero-order chi connectivity index (χ0) is 13.3. The quantitative estimate of drug-likeness (QED) is 0.790. The van der Waals surface area contributed by atoms with Gasteiger partial charge >= 0.3 is 0 Å². The summed E-state index contributed by atoms with van der Waals surface area (Å²) >= 11 is 0. The van der Waals surface area contributed by atoms with Gasteiger partial charge in [0, 0.05) is 24.8 Å². The lowest BCUT2D eigenvalue weighted by molar-refractivity contribution is 0.466. The highest BCUT2D eigenvalue weighted by Gasteiger charge is 2.53. The van der Waals surface area contributed by atoms with Crippen molar-refractivity contribution in [1.82, 2.24) is 9.97 Å². The van der Waals surface area contributed by atoms with E-state index in [9.17, 15) is 0 Å². The van der Waals surface area contributed by atoms with Crippen molar-refractivity contribution in [2.24, 2.45) is 11.3 Å². The lowest BCUT2D eigenvalue weighted by Gasteiger charge is -2.16. The molecule has 0 bridgehead atoms. The Morgan fingerprint density at radius 2 is 2.05 bits per heavy atom. The third kappa shape index (κ3) is 2.99. The summed E-state index contributed by atoms with van der Waals surface area (Å²) in [5.74, 6) is 2.71. The van der Waals surface area contributed by atoms with Crippen molar-refractivity contribution in [2.45, 2.75) is 46.0 Å². The van der Waals surface area contributed by atoms with Crippen LogP contribution in [0.2, 0.25) is 0 Å². The van der Waals surface area contributed by atoms with Crippen LogP contribution in [0, 0.1) is 18.3 Å². The summed E-state index contributed by atoms with van der Waals surface area (Å²) in [6, 6.07) is 2.04. The van der Waals surface area contributed by atoms with Gasteiger partial charge in [-0.15, -0.1) is 0 Å². The summed E-state index contributed by atoms with van der Waals surface area (Å²) in [7, 11) is 0. The monoisotopic (exact) mass is 260 g/mol. The smallest absolute Gasteiger partial charge is 0.224 e. The number of anilines is 2. The van der Waals surface area contributed by atoms with Crippen LogP contribution in [0.1, 0.15) is 44.7 Å². The lowest BCUT2D eigenvalue weighted by atomic mass is 10.0. The molecule has 0 aromatic carbocycles. The van der Waals surface area contributed by atoms with Crippen LogP contribution in [-0.2, 0) is 0 Å². The molecule has 4 heteroatoms. The molecule has 0 radical (unpaired) electrons. The summed E-state index contributed by atoms with van der Waals surface area (Å²) < 4.78 is 0. The van der Waals surface area contributed by atoms with Crippen molar-refractivity contribution in [3.8, 4) is 0 Å². The molecule has 0 spiro atoms. The molecule has 4 nitrogen and oxygen atoms in total. The van der Waals surface area contributed by atoms with E-state index < -0.39 is 0 Å². The van der Waals surface area contributed by atoms with Gasteiger partial charge in [0.25, 0.3) is 0 Å². The van der Waals surface area contributed by atoms with Crippen LogP contribution in [0.4, 0.5) is 11.8 Å². The molecule has 0 aliphatic heterocycles. The Hall–Kier alpha value is -1.32. The first kappa shape index (κ1) is 12.7. The Morgan fingerprint density at radius 1 is 1.26 bits per heavy atom. The first-order chi connectivity index (χ1) is 9.22. The highest BCUT2D eigenvalue weighted by Crippen LogP contribution is 2.61. The molecule has 0 saturated heterocycles. The third-order valence-electron chi connectivity index (χ3n) is 4.34. The van der Waals surface area contributed by atoms with Gasteiger partial charge in [-0.1, -0.05) is 6.92 Å². The van der Waals surface area contributed by atoms with Crippen LogP contribution in [0.15, 0.2) is 6.07 Å². The van der Waals surface area contributed by atoms with E-state index in [-0.39, 0.29) is 0 Å². The van der Waals surface area contributed by atoms with Crippen molar-refractivity contribution in [2.75, 3.05) is 23.7 Å². The number of nitrogens with zero attached hydrogens (tertiary/aromatic N) is 2. The SMILES string of the molecule is CCCNc1nc(C)cc(NCC2(C3CC3)CC2)n1. The van der Waals surface area contributed by atoms with Gasteiger partial charge in [-0.05, 0) is 50.4 Å². The van der Waals surface area contributed by atoms with E-state index in [2.05, 4.69) is 27.5 Å². The fourth-order valence-electron chi connectivity index (χ4n) is 2.83. The normalized spacial score (nSPS) is 20.1. The molecule has 2 aliphatic rings. The molecular formula is C15H24N4. The van der Waals surface area contributed by atoms with Crippen molar-refractivity contribution >= 4 is 11.8 Å². The topological polar surface area (TPSA) is 49.8 Å². The summed E-state index contributed by atoms with van der Waals surface area (Å²) in [5.41, 5.74) is 1.63. The van der Waals surface area contributed by atoms with Gasteiger partial charge in [0.1, 0.15) is 5.82 Å². The van der Waals surface area contributed by atoms with Crippen LogP contribution >= 0.6 is 0 Å². The molecule has 19 heavy (non-hydrogen) atoms. The number of hydrogen-bond acceptors (Lipinski definition) is 4. The summed E-state index contributed by atoms with van der Waals surface area (Å²) in [6.07, 6.45) is 6.76. The van der Waals surface area contributed by atoms with E-state index in [1.807, 2.05) is 13.0 Å². The molecule has 1 aromatic rings. The Kier molecular flexibility index (Phi) is 3.33. The zero-order valence-electron chi connectivity index (χ0n) is 12.0. The standard InChI is InChI=1S/C15H24N4/c1-3-8-16-14-18-11(2)9-13(19-14)17-10-15(6-7-15)12-4-5-12/h9,12H,3-8,10H2,1-2H3,(H2,16,17,18,19). The first-order valence-corrected chi connectivity index (χ1v) is 7.55. The highest BCUT2D eigenvalue weighted by atomic mass is 15.1. The van der Waals surface area contributed by atoms with E-state index in [1.165, 1.54) is 25.7 Å². The molecule has 0 unspecified atom stereocenters. The molecule has 2 fully saturated rings. The number of nitrogens with one attached hydrogen (secondary N) is 2. The molecule has 1 aromatic heterocycles. The second-order valence-electron chi connectivity index (χ2n) is 6.14. The number of aryl methyl sites for hydroxylation is 1. The second kappa shape index (κ2) is 4.99. The van der Waals surface area contributed by atoms with E-state index in [1.54, 1.807) is 0 Å². The number of aromatic nitrogens is 2. The summed E-state index contributed by atoms with van der Waals surface area (Å²) in [4.78, 5) is 8.96. The molecule has 0 amide bonds. The molecule has 104 valence electrons. The first-order valence-electron chi connectivity index (χ1n) is 7.55. The van der Waals surface area contributed by atoms with Gasteiger partial charge in [0.05, 0.1) is 0 Å². The maximum absolute atomic E-state index is 4.55. The number of hydrogen-bond donors (Lipinski definition) is 2. The molecule has 1 heterocycles. The average molecular weight is 260 g/mol. The maximum Gasteiger partial charge on any atom is 0.224 e. The van der Waals surface area contributed by atoms with Crippen LogP contribution in [0.3, 0.4) is 0 Å². The number of rotatable bonds is 7. The average Bonchev–Trinajstić information content (AvgIpc) is 3.26. The Labute approximate surface area is 115 Å². The lowest BCUT2D eigenvalue weighted by Crippen LogP contribution is -2.18. The van der Waals surface area contributed by atoms with Gasteiger partial charge in [0.15, 0.2) is 0 Å². The third-order valence-corrected chi connectivity index (χ3v) is 4.34. The fraction of sp³-hybridized carbons (Fsp3) is 0.733. The van der Waals surface area contributed by atoms with Crippen LogP contribution in [-0.4, -0.2) is 23.1 Å². The molecule has 2 saturated carbocycles. The van der Waals surface area contributed by atoms with E-state index in [0.29, 0.717) is 5.41 Å². The van der Waals surface area contributed by atoms with Crippen molar-refractivity contribution < 1.29 is 0 Å². The van der Waals surface area contributed by atoms with Gasteiger partial charge in [-0.2, -0.15) is 4.98 Å². The maximum atomic E-state index is 4.55. The van der Waals surface area contributed by atoms with Crippen LogP contribution < -0.4 is 10.6 Å². The summed E-state index contributed by atoms with van der Waals surface area (Å²) in [5, 5.41) is 6.80. The minimum Gasteiger partial charge on any atom is -0.369 e. The molecule has 3 rings (SSSR count). The van der Waals surface area contributed by atoms with E-state index in [0.717, 1.165) is 42.9 Å². The zero-order valence-corrected chi connectivity index (χ0v) is 12.0. The molecule has 2 N–H and O–H groups in total. The van der Waals surface area contributed by atoms with E-state index >= 15 is 0 Å². The van der Waals surface area contributed by atoms with Crippen molar-refractivity contribution in [3.05, 3.63) is 11.8 Å². The van der Waals surface area contributed by atoms with Gasteiger partial charge in [-0.3, -0.25) is 0 Å². The summed E-state index contributed by atoms with van der Waals surface area (Å²) in [6.45, 7) is 6.18. The Bertz CT molecular complexity index is 449. The van der Waals surface area contributed by atoms with Crippen molar-refractivity contribution in [3.63, 3.8) is 0 Å². The Balaban J connectivity index is 1.61. The highest BCUT2D eigenvalue weighted by molar-refractivity contribution is 5.42. The van der Waals surface area contributed by atoms with Gasteiger partial charge in [0.2, 0.25) is 5.95 Å². The minimum atomic E-state index is 0.607. The van der Waals surface area contributed by atoms with Crippen molar-refractivity contribution in [1.29, 1.82) is 0 Å². The van der Waals surface area contributed by atoms with E-state index in [4.69, 9.17) is 0 Å². The fourth-order valence-corrected chi connectivity index (χ4v) is 2.83. The Morgan fingerprint density at radius 3 is 2.68 bits per heavy atom. The molecule has 2 aliphatic carbocycles. The molecule has 0 atom stereocenters. The molecular weight excluding hydrogens is 236 g/mol. The minimum absolute atomic E-state index is 0.607. The second-order valence-corrected chi connectivity index (χ2v) is 6.14.